The van der Waals surface area contributed by atoms with E-state index in [0.717, 1.165) is 17.8 Å². The van der Waals surface area contributed by atoms with Crippen molar-refractivity contribution in [2.24, 2.45) is 0 Å². The second-order valence-corrected chi connectivity index (χ2v) is 9.84. The average molecular weight is 369 g/mol. The summed E-state index contributed by atoms with van der Waals surface area (Å²) >= 11 is 0. The lowest BCUT2D eigenvalue weighted by atomic mass is 9.63. The van der Waals surface area contributed by atoms with Crippen LogP contribution < -0.4 is 0 Å². The summed E-state index contributed by atoms with van der Waals surface area (Å²) in [6.07, 6.45) is 5.48. The summed E-state index contributed by atoms with van der Waals surface area (Å²) < 4.78 is 0. The molecule has 0 amide bonds. The van der Waals surface area contributed by atoms with Crippen LogP contribution in [0.5, 0.6) is 0 Å². The number of rotatable bonds is 1. The number of hydrogen-bond donors (Lipinski definition) is 0. The second-order valence-electron chi connectivity index (χ2n) is 9.84. The maximum absolute atomic E-state index is 4.96. The summed E-state index contributed by atoms with van der Waals surface area (Å²) in [5, 5.41) is 0. The molecule has 5 rings (SSSR count). The molecule has 2 aliphatic rings. The van der Waals surface area contributed by atoms with E-state index in [4.69, 9.17) is 9.97 Å². The van der Waals surface area contributed by atoms with Gasteiger partial charge in [-0.1, -0.05) is 52.0 Å². The van der Waals surface area contributed by atoms with Crippen molar-refractivity contribution in [3.63, 3.8) is 0 Å². The average Bonchev–Trinajstić information content (AvgIpc) is 3.03. The van der Waals surface area contributed by atoms with Gasteiger partial charge in [0.1, 0.15) is 0 Å². The van der Waals surface area contributed by atoms with E-state index < -0.39 is 0 Å². The molecule has 0 aliphatic heterocycles. The third-order valence-corrected chi connectivity index (χ3v) is 6.94. The summed E-state index contributed by atoms with van der Waals surface area (Å²) in [5.74, 6) is 0. The fraction of sp³-hybridized carbons (Fsp3) is 0.385. The van der Waals surface area contributed by atoms with E-state index >= 15 is 0 Å². The molecule has 28 heavy (non-hydrogen) atoms. The van der Waals surface area contributed by atoms with E-state index in [1.807, 2.05) is 0 Å². The Labute approximate surface area is 168 Å². The number of fused-ring (bicyclic) bond motifs is 4. The first-order chi connectivity index (χ1) is 13.3. The molecule has 1 aromatic carbocycles. The van der Waals surface area contributed by atoms with Crippen LogP contribution in [0.1, 0.15) is 68.6 Å². The highest BCUT2D eigenvalue weighted by Crippen LogP contribution is 2.47. The van der Waals surface area contributed by atoms with Crippen molar-refractivity contribution in [2.75, 3.05) is 0 Å². The van der Waals surface area contributed by atoms with Crippen molar-refractivity contribution >= 4 is 0 Å². The predicted molar refractivity (Wildman–Crippen MR) is 116 cm³/mol. The van der Waals surface area contributed by atoms with Crippen LogP contribution in [0.25, 0.3) is 22.4 Å². The Kier molecular flexibility index (Phi) is 3.62. The zero-order valence-electron chi connectivity index (χ0n) is 17.6. The summed E-state index contributed by atoms with van der Waals surface area (Å²) in [4.78, 5) is 9.76. The highest BCUT2D eigenvalue weighted by atomic mass is 14.7. The van der Waals surface area contributed by atoms with E-state index in [0.29, 0.717) is 0 Å². The van der Waals surface area contributed by atoms with Gasteiger partial charge in [0.15, 0.2) is 0 Å². The molecule has 0 saturated heterocycles. The number of hydrogen-bond acceptors (Lipinski definition) is 2. The lowest BCUT2D eigenvalue weighted by Gasteiger charge is -2.41. The minimum Gasteiger partial charge on any atom is -0.257 e. The highest BCUT2D eigenvalue weighted by Gasteiger charge is 2.37. The number of pyridine rings is 2. The lowest BCUT2D eigenvalue weighted by Crippen LogP contribution is -2.34. The van der Waals surface area contributed by atoms with E-state index in [9.17, 15) is 0 Å². The van der Waals surface area contributed by atoms with Gasteiger partial charge in [0.25, 0.3) is 0 Å². The SMILES string of the molecule is Cc1ccc2c(n1)Cc1c(-c3cc4c(cn3)C(C)(C)CCC4(C)C)cccc1-2. The molecule has 0 atom stereocenters. The zero-order chi connectivity index (χ0) is 19.7. The first-order valence-electron chi connectivity index (χ1n) is 10.4. The third-order valence-electron chi connectivity index (χ3n) is 6.94. The van der Waals surface area contributed by atoms with E-state index in [-0.39, 0.29) is 10.8 Å². The molecule has 0 fully saturated rings. The van der Waals surface area contributed by atoms with Gasteiger partial charge in [-0.25, -0.2) is 0 Å². The molecule has 0 saturated carbocycles. The van der Waals surface area contributed by atoms with Crippen LogP contribution in [0, 0.1) is 6.92 Å². The molecule has 2 aliphatic carbocycles. The summed E-state index contributed by atoms with van der Waals surface area (Å²) in [6, 6.07) is 13.3. The van der Waals surface area contributed by atoms with Crippen molar-refractivity contribution in [3.05, 3.63) is 70.7 Å². The second kappa shape index (κ2) is 5.76. The molecule has 0 bridgehead atoms. The van der Waals surface area contributed by atoms with Crippen molar-refractivity contribution in [3.8, 4) is 22.4 Å². The van der Waals surface area contributed by atoms with Gasteiger partial charge in [0, 0.05) is 29.4 Å². The van der Waals surface area contributed by atoms with Gasteiger partial charge in [0.05, 0.1) is 11.4 Å². The van der Waals surface area contributed by atoms with Gasteiger partial charge >= 0.3 is 0 Å². The van der Waals surface area contributed by atoms with Gasteiger partial charge in [-0.2, -0.15) is 0 Å². The van der Waals surface area contributed by atoms with Crippen molar-refractivity contribution in [1.82, 2.24) is 9.97 Å². The minimum absolute atomic E-state index is 0.197. The number of aryl methyl sites for hydroxylation is 1. The molecular formula is C26H28N2. The topological polar surface area (TPSA) is 25.8 Å². The van der Waals surface area contributed by atoms with Crippen molar-refractivity contribution in [2.45, 2.75) is 64.7 Å². The molecule has 0 radical (unpaired) electrons. The van der Waals surface area contributed by atoms with Crippen LogP contribution in [-0.4, -0.2) is 9.97 Å². The largest absolute Gasteiger partial charge is 0.257 e. The fourth-order valence-corrected chi connectivity index (χ4v) is 5.02. The molecule has 2 heterocycles. The maximum Gasteiger partial charge on any atom is 0.0708 e. The summed E-state index contributed by atoms with van der Waals surface area (Å²) in [5.41, 5.74) is 11.9. The van der Waals surface area contributed by atoms with Crippen molar-refractivity contribution < 1.29 is 0 Å². The quantitative estimate of drug-likeness (QED) is 0.390. The minimum atomic E-state index is 0.197. The van der Waals surface area contributed by atoms with Crippen LogP contribution in [-0.2, 0) is 17.3 Å². The number of nitrogens with zero attached hydrogens (tertiary/aromatic N) is 2. The Morgan fingerprint density at radius 2 is 1.54 bits per heavy atom. The molecule has 2 nitrogen and oxygen atoms in total. The Bertz CT molecular complexity index is 1110. The Balaban J connectivity index is 1.67. The van der Waals surface area contributed by atoms with Crippen LogP contribution >= 0.6 is 0 Å². The van der Waals surface area contributed by atoms with Gasteiger partial charge in [-0.3, -0.25) is 9.97 Å². The molecule has 2 aromatic heterocycles. The molecule has 3 aromatic rings. The van der Waals surface area contributed by atoms with Gasteiger partial charge in [-0.05, 0) is 65.0 Å². The molecular weight excluding hydrogens is 340 g/mol. The Hall–Kier alpha value is -2.48. The maximum atomic E-state index is 4.96. The Morgan fingerprint density at radius 1 is 0.821 bits per heavy atom. The molecule has 0 N–H and O–H groups in total. The molecule has 0 unspecified atom stereocenters. The summed E-state index contributed by atoms with van der Waals surface area (Å²) in [7, 11) is 0. The van der Waals surface area contributed by atoms with Crippen LogP contribution in [0.2, 0.25) is 0 Å². The van der Waals surface area contributed by atoms with Gasteiger partial charge in [0.2, 0.25) is 0 Å². The van der Waals surface area contributed by atoms with Crippen LogP contribution in [0.3, 0.4) is 0 Å². The van der Waals surface area contributed by atoms with Crippen LogP contribution in [0.15, 0.2) is 42.6 Å². The number of benzene rings is 1. The first kappa shape index (κ1) is 17.6. The molecule has 142 valence electrons. The number of aromatic nitrogens is 2. The fourth-order valence-electron chi connectivity index (χ4n) is 5.02. The van der Waals surface area contributed by atoms with E-state index in [1.54, 1.807) is 0 Å². The molecule has 0 spiro atoms. The molecule has 2 heteroatoms. The smallest absolute Gasteiger partial charge is 0.0708 e. The van der Waals surface area contributed by atoms with E-state index in [1.165, 1.54) is 51.9 Å². The normalized spacial score (nSPS) is 18.3. The highest BCUT2D eigenvalue weighted by molar-refractivity contribution is 5.83. The monoisotopic (exact) mass is 368 g/mol. The lowest BCUT2D eigenvalue weighted by molar-refractivity contribution is 0.331. The first-order valence-corrected chi connectivity index (χ1v) is 10.4. The predicted octanol–water partition coefficient (Wildman–Crippen LogP) is 6.37. The Morgan fingerprint density at radius 3 is 2.32 bits per heavy atom. The third kappa shape index (κ3) is 2.54. The van der Waals surface area contributed by atoms with Gasteiger partial charge < -0.3 is 0 Å². The van der Waals surface area contributed by atoms with Crippen molar-refractivity contribution in [1.29, 1.82) is 0 Å². The summed E-state index contributed by atoms with van der Waals surface area (Å²) in [6.45, 7) is 11.5. The zero-order valence-corrected chi connectivity index (χ0v) is 17.6. The standard InChI is InChI=1S/C26H28N2/c1-16-9-10-19-17-7-6-8-18(20(17)13-24(19)28-16)23-14-21-22(15-27-23)26(4,5)12-11-25(21,2)3/h6-10,14-15H,11-13H2,1-5H3. The van der Waals surface area contributed by atoms with Gasteiger partial charge in [-0.15, -0.1) is 0 Å². The van der Waals surface area contributed by atoms with Crippen LogP contribution in [0.4, 0.5) is 0 Å². The van der Waals surface area contributed by atoms with E-state index in [2.05, 4.69) is 77.2 Å².